The number of carbonyl (C=O) groups is 2. The van der Waals surface area contributed by atoms with Crippen molar-refractivity contribution in [2.45, 2.75) is 25.4 Å². The molecule has 1 unspecified atom stereocenters. The summed E-state index contributed by atoms with van der Waals surface area (Å²) < 4.78 is 21.8. The van der Waals surface area contributed by atoms with Crippen LogP contribution in [0.1, 0.15) is 28.4 Å². The Morgan fingerprint density at radius 3 is 2.02 bits per heavy atom. The van der Waals surface area contributed by atoms with Crippen molar-refractivity contribution in [1.82, 2.24) is 10.6 Å². The van der Waals surface area contributed by atoms with Crippen molar-refractivity contribution in [2.24, 2.45) is 0 Å². The summed E-state index contributed by atoms with van der Waals surface area (Å²) in [6, 6.07) is 26.7. The number of benzene rings is 4. The van der Waals surface area contributed by atoms with Gasteiger partial charge in [-0.05, 0) is 66.6 Å². The highest BCUT2D eigenvalue weighted by Crippen LogP contribution is 2.33. The van der Waals surface area contributed by atoms with E-state index in [-0.39, 0.29) is 24.8 Å². The Balaban J connectivity index is 1.48. The van der Waals surface area contributed by atoms with Crippen LogP contribution in [-0.4, -0.2) is 38.7 Å². The van der Waals surface area contributed by atoms with Gasteiger partial charge in [0.25, 0.3) is 5.91 Å². The van der Waals surface area contributed by atoms with Crippen LogP contribution in [-0.2, 0) is 17.8 Å². The van der Waals surface area contributed by atoms with Crippen LogP contribution in [0.2, 0.25) is 5.02 Å². The van der Waals surface area contributed by atoms with E-state index in [2.05, 4.69) is 10.6 Å². The molecule has 0 aliphatic carbocycles. The lowest BCUT2D eigenvalue weighted by Gasteiger charge is -2.30. The molecule has 0 aliphatic heterocycles. The first-order valence-corrected chi connectivity index (χ1v) is 13.6. The maximum absolute atomic E-state index is 13.7. The molecule has 0 spiro atoms. The monoisotopic (exact) mass is 588 g/mol. The van der Waals surface area contributed by atoms with E-state index in [1.54, 1.807) is 95.0 Å². The van der Waals surface area contributed by atoms with Crippen molar-refractivity contribution in [2.75, 3.05) is 21.3 Å². The van der Waals surface area contributed by atoms with Gasteiger partial charge in [0.15, 0.2) is 11.5 Å². The van der Waals surface area contributed by atoms with Gasteiger partial charge in [-0.2, -0.15) is 0 Å². The van der Waals surface area contributed by atoms with E-state index in [0.29, 0.717) is 39.3 Å². The normalized spacial score (nSPS) is 12.0. The van der Waals surface area contributed by atoms with Gasteiger partial charge >= 0.3 is 0 Å². The van der Waals surface area contributed by atoms with Gasteiger partial charge < -0.3 is 29.6 Å². The molecule has 42 heavy (non-hydrogen) atoms. The molecule has 0 aromatic heterocycles. The van der Waals surface area contributed by atoms with E-state index in [4.69, 9.17) is 30.5 Å². The number of rotatable bonds is 12. The van der Waals surface area contributed by atoms with Crippen LogP contribution >= 0.6 is 11.6 Å². The lowest BCUT2D eigenvalue weighted by Crippen LogP contribution is -2.58. The Bertz CT molecular complexity index is 1530. The Labute approximate surface area is 250 Å². The lowest BCUT2D eigenvalue weighted by molar-refractivity contribution is -0.126. The molecule has 0 aliphatic rings. The molecule has 0 saturated carbocycles. The van der Waals surface area contributed by atoms with Gasteiger partial charge in [-0.25, -0.2) is 0 Å². The minimum atomic E-state index is -1.28. The molecular formula is C33H33ClN2O6. The van der Waals surface area contributed by atoms with Crippen LogP contribution in [0.4, 0.5) is 0 Å². The van der Waals surface area contributed by atoms with Gasteiger partial charge in [0.05, 0.1) is 26.4 Å². The quantitative estimate of drug-likeness (QED) is 0.204. The second kappa shape index (κ2) is 13.8. The van der Waals surface area contributed by atoms with E-state index >= 15 is 0 Å². The molecule has 0 radical (unpaired) electrons. The maximum Gasteiger partial charge on any atom is 0.252 e. The number of halogens is 1. The van der Waals surface area contributed by atoms with Crippen molar-refractivity contribution in [3.63, 3.8) is 0 Å². The second-order valence-electron chi connectivity index (χ2n) is 9.74. The highest BCUT2D eigenvalue weighted by Gasteiger charge is 2.35. The van der Waals surface area contributed by atoms with Gasteiger partial charge in [-0.3, -0.25) is 9.59 Å². The number of hydrogen-bond donors (Lipinski definition) is 2. The zero-order valence-corrected chi connectivity index (χ0v) is 24.7. The molecule has 4 rings (SSSR count). The SMILES string of the molecule is COc1ccc(Oc2ccc(CNC(=O)C(C)(Cc3ccc(OC)c(OC)c3)NC(=O)c3ccccc3)cc2)c(Cl)c1. The number of methoxy groups -OCH3 is 3. The third kappa shape index (κ3) is 7.53. The fourth-order valence-corrected chi connectivity index (χ4v) is 4.57. The summed E-state index contributed by atoms with van der Waals surface area (Å²) in [6.45, 7) is 1.94. The third-order valence-electron chi connectivity index (χ3n) is 6.68. The standard InChI is InChI=1S/C33H33ClN2O6/c1-33(36-31(37)24-8-6-5-7-9-24,20-23-12-16-29(40-3)30(18-23)41-4)32(38)35-21-22-10-13-25(14-11-22)42-28-17-15-26(39-2)19-27(28)34/h5-19H,20-21H2,1-4H3,(H,35,38)(H,36,37). The smallest absolute Gasteiger partial charge is 0.252 e. The molecule has 4 aromatic carbocycles. The van der Waals surface area contributed by atoms with Gasteiger partial charge in [-0.1, -0.05) is 48.0 Å². The first-order valence-electron chi connectivity index (χ1n) is 13.2. The predicted octanol–water partition coefficient (Wildman–Crippen LogP) is 6.21. The largest absolute Gasteiger partial charge is 0.497 e. The molecule has 0 heterocycles. The Kier molecular flexibility index (Phi) is 9.93. The Morgan fingerprint density at radius 1 is 0.738 bits per heavy atom. The first-order chi connectivity index (χ1) is 20.2. The molecular weight excluding hydrogens is 556 g/mol. The zero-order chi connectivity index (χ0) is 30.1. The van der Waals surface area contributed by atoms with Crippen LogP contribution in [0.3, 0.4) is 0 Å². The minimum Gasteiger partial charge on any atom is -0.497 e. The highest BCUT2D eigenvalue weighted by molar-refractivity contribution is 6.32. The summed E-state index contributed by atoms with van der Waals surface area (Å²) in [4.78, 5) is 26.8. The van der Waals surface area contributed by atoms with E-state index in [0.717, 1.165) is 11.1 Å². The second-order valence-corrected chi connectivity index (χ2v) is 10.2. The molecule has 218 valence electrons. The average molecular weight is 589 g/mol. The summed E-state index contributed by atoms with van der Waals surface area (Å²) in [5.41, 5.74) is 0.814. The fraction of sp³-hybridized carbons (Fsp3) is 0.212. The average Bonchev–Trinajstić information content (AvgIpc) is 3.01. The molecule has 0 bridgehead atoms. The molecule has 8 nitrogen and oxygen atoms in total. The maximum atomic E-state index is 13.7. The third-order valence-corrected chi connectivity index (χ3v) is 6.97. The van der Waals surface area contributed by atoms with Crippen molar-refractivity contribution >= 4 is 23.4 Å². The summed E-state index contributed by atoms with van der Waals surface area (Å²) in [6.07, 6.45) is 0.215. The topological polar surface area (TPSA) is 95.1 Å². The molecule has 2 N–H and O–H groups in total. The number of amides is 2. The summed E-state index contributed by atoms with van der Waals surface area (Å²) in [5, 5.41) is 6.35. The van der Waals surface area contributed by atoms with Gasteiger partial charge in [-0.15, -0.1) is 0 Å². The number of ether oxygens (including phenoxy) is 4. The van der Waals surface area contributed by atoms with Crippen molar-refractivity contribution in [3.8, 4) is 28.7 Å². The number of nitrogens with one attached hydrogen (secondary N) is 2. The number of carbonyl (C=O) groups excluding carboxylic acids is 2. The predicted molar refractivity (Wildman–Crippen MR) is 162 cm³/mol. The van der Waals surface area contributed by atoms with Crippen LogP contribution in [0.25, 0.3) is 0 Å². The summed E-state index contributed by atoms with van der Waals surface area (Å²) >= 11 is 6.29. The highest BCUT2D eigenvalue weighted by atomic mass is 35.5. The van der Waals surface area contributed by atoms with Crippen molar-refractivity contribution in [1.29, 1.82) is 0 Å². The molecule has 4 aromatic rings. The number of hydrogen-bond acceptors (Lipinski definition) is 6. The van der Waals surface area contributed by atoms with Crippen LogP contribution in [0, 0.1) is 0 Å². The molecule has 0 saturated heterocycles. The summed E-state index contributed by atoms with van der Waals surface area (Å²) in [5.74, 6) is 2.13. The zero-order valence-electron chi connectivity index (χ0n) is 23.9. The molecule has 1 atom stereocenters. The van der Waals surface area contributed by atoms with Crippen molar-refractivity contribution < 1.29 is 28.5 Å². The lowest BCUT2D eigenvalue weighted by atomic mass is 9.90. The van der Waals surface area contributed by atoms with Crippen LogP contribution < -0.4 is 29.6 Å². The van der Waals surface area contributed by atoms with Gasteiger partial charge in [0, 0.05) is 24.6 Å². The summed E-state index contributed by atoms with van der Waals surface area (Å²) in [7, 11) is 4.68. The van der Waals surface area contributed by atoms with E-state index < -0.39 is 5.54 Å². The Morgan fingerprint density at radius 2 is 1.38 bits per heavy atom. The molecule has 0 fully saturated rings. The van der Waals surface area contributed by atoms with Crippen LogP contribution in [0.15, 0.2) is 91.0 Å². The fourth-order valence-electron chi connectivity index (χ4n) is 4.36. The van der Waals surface area contributed by atoms with Gasteiger partial charge in [0.1, 0.15) is 22.8 Å². The van der Waals surface area contributed by atoms with Crippen LogP contribution in [0.5, 0.6) is 28.7 Å². The first kappa shape index (κ1) is 30.3. The minimum absolute atomic E-state index is 0.215. The molecule has 9 heteroatoms. The Hall–Kier alpha value is -4.69. The van der Waals surface area contributed by atoms with Crippen molar-refractivity contribution in [3.05, 3.63) is 113 Å². The molecule has 2 amide bonds. The van der Waals surface area contributed by atoms with Gasteiger partial charge in [0.2, 0.25) is 5.91 Å². The van der Waals surface area contributed by atoms with E-state index in [9.17, 15) is 9.59 Å². The van der Waals surface area contributed by atoms with E-state index in [1.165, 1.54) is 0 Å². The van der Waals surface area contributed by atoms with E-state index in [1.807, 2.05) is 24.3 Å².